The lowest BCUT2D eigenvalue weighted by atomic mass is 9.99. The molecular weight excluding hydrogens is 302 g/mol. The molecule has 0 fully saturated rings. The quantitative estimate of drug-likeness (QED) is 0.920. The zero-order chi connectivity index (χ0) is 13.7. The predicted octanol–water partition coefficient (Wildman–Crippen LogP) is 3.13. The van der Waals surface area contributed by atoms with Crippen molar-refractivity contribution < 1.29 is 4.79 Å². The van der Waals surface area contributed by atoms with Gasteiger partial charge in [0.25, 0.3) is 0 Å². The van der Waals surface area contributed by atoms with Crippen molar-refractivity contribution in [1.82, 2.24) is 0 Å². The first-order chi connectivity index (χ1) is 9.15. The molecule has 0 saturated heterocycles. The summed E-state index contributed by atoms with van der Waals surface area (Å²) in [5.74, 6) is 0.0713. The first-order valence-electron chi connectivity index (χ1n) is 6.22. The van der Waals surface area contributed by atoms with Gasteiger partial charge in [-0.05, 0) is 29.7 Å². The van der Waals surface area contributed by atoms with E-state index in [9.17, 15) is 4.79 Å². The monoisotopic (exact) mass is 317 g/mol. The van der Waals surface area contributed by atoms with Crippen LogP contribution in [0.5, 0.6) is 0 Å². The molecule has 0 heterocycles. The van der Waals surface area contributed by atoms with Crippen LogP contribution < -0.4 is 5.73 Å². The summed E-state index contributed by atoms with van der Waals surface area (Å²) in [5, 5.41) is 0. The van der Waals surface area contributed by atoms with E-state index >= 15 is 0 Å². The minimum absolute atomic E-state index is 0.0713. The molecule has 0 aromatic heterocycles. The summed E-state index contributed by atoms with van der Waals surface area (Å²) in [4.78, 5) is 12.1. The third-order valence-electron chi connectivity index (χ3n) is 2.98. The van der Waals surface area contributed by atoms with Crippen LogP contribution in [0.15, 0.2) is 59.1 Å². The average molecular weight is 318 g/mol. The molecule has 0 aliphatic carbocycles. The number of benzene rings is 2. The molecule has 0 aliphatic heterocycles. The Morgan fingerprint density at radius 1 is 1.05 bits per heavy atom. The number of ketones is 1. The van der Waals surface area contributed by atoms with Crippen molar-refractivity contribution in [3.8, 4) is 0 Å². The van der Waals surface area contributed by atoms with E-state index in [0.717, 1.165) is 15.6 Å². The van der Waals surface area contributed by atoms with E-state index < -0.39 is 6.04 Å². The van der Waals surface area contributed by atoms with Gasteiger partial charge in [0, 0.05) is 10.9 Å². The van der Waals surface area contributed by atoms with Crippen molar-refractivity contribution >= 4 is 21.7 Å². The van der Waals surface area contributed by atoms with Gasteiger partial charge >= 0.3 is 0 Å². The molecule has 98 valence electrons. The standard InChI is InChI=1S/C16H16BrNO/c17-14-8-4-7-13(9-14)11-16(19)15(18)10-12-5-2-1-3-6-12/h1-9,15H,10-11,18H2. The third kappa shape index (κ3) is 4.30. The summed E-state index contributed by atoms with van der Waals surface area (Å²) in [6, 6.07) is 17.2. The Hall–Kier alpha value is -1.45. The van der Waals surface area contributed by atoms with Crippen molar-refractivity contribution in [2.75, 3.05) is 0 Å². The van der Waals surface area contributed by atoms with Gasteiger partial charge in [-0.3, -0.25) is 4.79 Å². The lowest BCUT2D eigenvalue weighted by Gasteiger charge is -2.11. The van der Waals surface area contributed by atoms with Gasteiger partial charge in [0.2, 0.25) is 0 Å². The van der Waals surface area contributed by atoms with Gasteiger partial charge in [0.15, 0.2) is 5.78 Å². The topological polar surface area (TPSA) is 43.1 Å². The highest BCUT2D eigenvalue weighted by molar-refractivity contribution is 9.10. The Morgan fingerprint density at radius 2 is 1.74 bits per heavy atom. The van der Waals surface area contributed by atoms with E-state index in [1.807, 2.05) is 54.6 Å². The molecule has 2 aromatic rings. The van der Waals surface area contributed by atoms with Crippen LogP contribution in [-0.2, 0) is 17.6 Å². The second-order valence-corrected chi connectivity index (χ2v) is 5.48. The summed E-state index contributed by atoms with van der Waals surface area (Å²) >= 11 is 3.40. The summed E-state index contributed by atoms with van der Waals surface area (Å²) in [7, 11) is 0. The van der Waals surface area contributed by atoms with Crippen LogP contribution in [-0.4, -0.2) is 11.8 Å². The van der Waals surface area contributed by atoms with Gasteiger partial charge in [-0.2, -0.15) is 0 Å². The zero-order valence-corrected chi connectivity index (χ0v) is 12.1. The van der Waals surface area contributed by atoms with E-state index in [0.29, 0.717) is 12.8 Å². The lowest BCUT2D eigenvalue weighted by molar-refractivity contribution is -0.119. The van der Waals surface area contributed by atoms with Crippen LogP contribution in [0.4, 0.5) is 0 Å². The lowest BCUT2D eigenvalue weighted by Crippen LogP contribution is -2.33. The Bertz CT molecular complexity index is 554. The average Bonchev–Trinajstić information content (AvgIpc) is 2.40. The SMILES string of the molecule is NC(Cc1ccccc1)C(=O)Cc1cccc(Br)c1. The van der Waals surface area contributed by atoms with Crippen LogP contribution in [0.25, 0.3) is 0 Å². The molecular formula is C16H16BrNO. The normalized spacial score (nSPS) is 12.1. The summed E-state index contributed by atoms with van der Waals surface area (Å²) in [5.41, 5.74) is 8.06. The predicted molar refractivity (Wildman–Crippen MR) is 81.0 cm³/mol. The minimum Gasteiger partial charge on any atom is -0.321 e. The number of hydrogen-bond acceptors (Lipinski definition) is 2. The number of halogens is 1. The van der Waals surface area contributed by atoms with Gasteiger partial charge in [-0.1, -0.05) is 58.4 Å². The maximum absolute atomic E-state index is 12.1. The molecule has 0 spiro atoms. The fraction of sp³-hybridized carbons (Fsp3) is 0.188. The van der Waals surface area contributed by atoms with Crippen molar-refractivity contribution in [3.63, 3.8) is 0 Å². The maximum atomic E-state index is 12.1. The molecule has 2 N–H and O–H groups in total. The van der Waals surface area contributed by atoms with Crippen molar-refractivity contribution in [2.24, 2.45) is 5.73 Å². The second-order valence-electron chi connectivity index (χ2n) is 4.57. The molecule has 1 atom stereocenters. The molecule has 2 rings (SSSR count). The first kappa shape index (κ1) is 14.0. The fourth-order valence-electron chi connectivity index (χ4n) is 1.96. The Balaban J connectivity index is 1.96. The van der Waals surface area contributed by atoms with Crippen LogP contribution in [0.1, 0.15) is 11.1 Å². The second kappa shape index (κ2) is 6.64. The molecule has 2 nitrogen and oxygen atoms in total. The Kier molecular flexibility index (Phi) is 4.88. The Labute approximate surface area is 121 Å². The Morgan fingerprint density at radius 3 is 2.42 bits per heavy atom. The molecule has 0 radical (unpaired) electrons. The highest BCUT2D eigenvalue weighted by Gasteiger charge is 2.14. The van der Waals surface area contributed by atoms with Crippen LogP contribution in [0.3, 0.4) is 0 Å². The number of rotatable bonds is 5. The van der Waals surface area contributed by atoms with E-state index in [1.54, 1.807) is 0 Å². The minimum atomic E-state index is -0.443. The van der Waals surface area contributed by atoms with Crippen molar-refractivity contribution in [2.45, 2.75) is 18.9 Å². The molecule has 19 heavy (non-hydrogen) atoms. The van der Waals surface area contributed by atoms with Crippen LogP contribution in [0, 0.1) is 0 Å². The molecule has 0 aliphatic rings. The number of nitrogens with two attached hydrogens (primary N) is 1. The molecule has 0 saturated carbocycles. The summed E-state index contributed by atoms with van der Waals surface area (Å²) in [6.45, 7) is 0. The summed E-state index contributed by atoms with van der Waals surface area (Å²) in [6.07, 6.45) is 0.973. The number of carbonyl (C=O) groups is 1. The maximum Gasteiger partial charge on any atom is 0.154 e. The summed E-state index contributed by atoms with van der Waals surface area (Å²) < 4.78 is 0.981. The zero-order valence-electron chi connectivity index (χ0n) is 10.6. The third-order valence-corrected chi connectivity index (χ3v) is 3.47. The number of hydrogen-bond donors (Lipinski definition) is 1. The largest absolute Gasteiger partial charge is 0.321 e. The molecule has 0 amide bonds. The van der Waals surface area contributed by atoms with E-state index in [1.165, 1.54) is 0 Å². The van der Waals surface area contributed by atoms with E-state index in [2.05, 4.69) is 15.9 Å². The van der Waals surface area contributed by atoms with E-state index in [4.69, 9.17) is 5.73 Å². The highest BCUT2D eigenvalue weighted by atomic mass is 79.9. The van der Waals surface area contributed by atoms with Crippen molar-refractivity contribution in [3.05, 3.63) is 70.2 Å². The van der Waals surface area contributed by atoms with Gasteiger partial charge in [-0.15, -0.1) is 0 Å². The van der Waals surface area contributed by atoms with Gasteiger partial charge in [0.1, 0.15) is 0 Å². The van der Waals surface area contributed by atoms with Gasteiger partial charge in [0.05, 0.1) is 6.04 Å². The fourth-order valence-corrected chi connectivity index (χ4v) is 2.41. The first-order valence-corrected chi connectivity index (χ1v) is 7.01. The smallest absolute Gasteiger partial charge is 0.154 e. The van der Waals surface area contributed by atoms with Crippen molar-refractivity contribution in [1.29, 1.82) is 0 Å². The van der Waals surface area contributed by atoms with E-state index in [-0.39, 0.29) is 5.78 Å². The van der Waals surface area contributed by atoms with Gasteiger partial charge in [-0.25, -0.2) is 0 Å². The molecule has 3 heteroatoms. The van der Waals surface area contributed by atoms with Crippen LogP contribution in [0.2, 0.25) is 0 Å². The molecule has 1 unspecified atom stereocenters. The highest BCUT2D eigenvalue weighted by Crippen LogP contribution is 2.13. The van der Waals surface area contributed by atoms with Crippen LogP contribution >= 0.6 is 15.9 Å². The molecule has 2 aromatic carbocycles. The number of carbonyl (C=O) groups excluding carboxylic acids is 1. The molecule has 0 bridgehead atoms. The number of Topliss-reactive ketones (excluding diaryl/α,β-unsaturated/α-hetero) is 1. The van der Waals surface area contributed by atoms with Gasteiger partial charge < -0.3 is 5.73 Å².